The minimum absolute atomic E-state index is 0.152. The Morgan fingerprint density at radius 2 is 1.83 bits per heavy atom. The highest BCUT2D eigenvalue weighted by Crippen LogP contribution is 2.30. The number of para-hydroxylation sites is 1. The molecule has 0 unspecified atom stereocenters. The third-order valence-electron chi connectivity index (χ3n) is 4.51. The molecule has 0 fully saturated rings. The van der Waals surface area contributed by atoms with Gasteiger partial charge in [-0.1, -0.05) is 18.2 Å². The Morgan fingerprint density at radius 3 is 2.55 bits per heavy atom. The maximum Gasteiger partial charge on any atom is 0.265 e. The van der Waals surface area contributed by atoms with Gasteiger partial charge in [0.2, 0.25) is 0 Å². The summed E-state index contributed by atoms with van der Waals surface area (Å²) >= 11 is 1.43. The summed E-state index contributed by atoms with van der Waals surface area (Å²) in [4.78, 5) is 14.4. The molecule has 0 aliphatic heterocycles. The number of fused-ring (bicyclic) bond motifs is 1. The van der Waals surface area contributed by atoms with Crippen LogP contribution in [0.25, 0.3) is 21.6 Å². The van der Waals surface area contributed by atoms with Gasteiger partial charge in [0, 0.05) is 11.1 Å². The van der Waals surface area contributed by atoms with Crippen molar-refractivity contribution in [2.75, 3.05) is 5.32 Å². The summed E-state index contributed by atoms with van der Waals surface area (Å²) in [5.41, 5.74) is 3.38. The topological polar surface area (TPSA) is 90.5 Å². The first-order valence-electron chi connectivity index (χ1n) is 8.88. The first-order valence-corrected chi connectivity index (χ1v) is 9.70. The van der Waals surface area contributed by atoms with E-state index in [9.17, 15) is 4.79 Å². The zero-order valence-corrected chi connectivity index (χ0v) is 16.2. The van der Waals surface area contributed by atoms with Gasteiger partial charge in [-0.3, -0.25) is 4.79 Å². The molecule has 0 bridgehead atoms. The minimum Gasteiger partial charge on any atom is -0.321 e. The van der Waals surface area contributed by atoms with Gasteiger partial charge in [-0.15, -0.1) is 16.4 Å². The summed E-state index contributed by atoms with van der Waals surface area (Å²) < 4.78 is 3.43. The lowest BCUT2D eigenvalue weighted by Gasteiger charge is -2.05. The van der Waals surface area contributed by atoms with Crippen molar-refractivity contribution in [3.63, 3.8) is 0 Å². The maximum atomic E-state index is 12.8. The van der Waals surface area contributed by atoms with Crippen molar-refractivity contribution in [1.29, 1.82) is 0 Å². The number of thiophene rings is 1. The lowest BCUT2D eigenvalue weighted by molar-refractivity contribution is 0.103. The highest BCUT2D eigenvalue weighted by Gasteiger charge is 2.17. The smallest absolute Gasteiger partial charge is 0.265 e. The van der Waals surface area contributed by atoms with E-state index in [-0.39, 0.29) is 5.91 Å². The van der Waals surface area contributed by atoms with E-state index in [1.165, 1.54) is 17.7 Å². The van der Waals surface area contributed by atoms with Gasteiger partial charge in [0.05, 0.1) is 21.9 Å². The molecule has 0 spiro atoms. The van der Waals surface area contributed by atoms with Crippen LogP contribution >= 0.6 is 11.3 Å². The molecule has 142 valence electrons. The van der Waals surface area contributed by atoms with Crippen LogP contribution < -0.4 is 5.32 Å². The molecule has 2 aromatic carbocycles. The van der Waals surface area contributed by atoms with E-state index in [4.69, 9.17) is 0 Å². The van der Waals surface area contributed by atoms with Gasteiger partial charge in [-0.25, -0.2) is 9.36 Å². The third kappa shape index (κ3) is 3.17. The number of anilines is 1. The number of aryl methyl sites for hydroxylation is 1. The molecule has 29 heavy (non-hydrogen) atoms. The highest BCUT2D eigenvalue weighted by molar-refractivity contribution is 7.20. The molecule has 0 atom stereocenters. The average Bonchev–Trinajstić information content (AvgIpc) is 3.48. The van der Waals surface area contributed by atoms with Crippen LogP contribution in [0.4, 0.5) is 5.69 Å². The van der Waals surface area contributed by atoms with Crippen LogP contribution in [0, 0.1) is 6.92 Å². The molecule has 5 rings (SSSR count). The average molecular weight is 401 g/mol. The van der Waals surface area contributed by atoms with Crippen LogP contribution in [-0.2, 0) is 0 Å². The number of carbonyl (C=O) groups excluding carboxylic acids is 1. The van der Waals surface area contributed by atoms with Crippen molar-refractivity contribution < 1.29 is 4.79 Å². The fraction of sp³-hybridized carbons (Fsp3) is 0.0500. The summed E-state index contributed by atoms with van der Waals surface area (Å²) in [6, 6.07) is 19.1. The van der Waals surface area contributed by atoms with Crippen LogP contribution in [0.2, 0.25) is 0 Å². The number of benzene rings is 2. The number of amides is 1. The third-order valence-corrected chi connectivity index (χ3v) is 5.62. The van der Waals surface area contributed by atoms with Crippen LogP contribution in [-0.4, -0.2) is 35.9 Å². The Balaban J connectivity index is 1.41. The highest BCUT2D eigenvalue weighted by atomic mass is 32.1. The molecule has 5 aromatic rings. The molecule has 0 saturated carbocycles. The van der Waals surface area contributed by atoms with E-state index >= 15 is 0 Å². The van der Waals surface area contributed by atoms with Gasteiger partial charge >= 0.3 is 0 Å². The second-order valence-electron chi connectivity index (χ2n) is 6.42. The van der Waals surface area contributed by atoms with Crippen molar-refractivity contribution in [3.05, 3.63) is 77.6 Å². The van der Waals surface area contributed by atoms with Crippen molar-refractivity contribution in [2.24, 2.45) is 0 Å². The number of nitrogens with one attached hydrogen (secondary N) is 1. The fourth-order valence-corrected chi connectivity index (χ4v) is 4.15. The monoisotopic (exact) mass is 401 g/mol. The van der Waals surface area contributed by atoms with Crippen molar-refractivity contribution in [2.45, 2.75) is 6.92 Å². The summed E-state index contributed by atoms with van der Waals surface area (Å²) in [5.74, 6) is -0.152. The Bertz CT molecular complexity index is 1290. The molecule has 0 saturated heterocycles. The number of tetrazole rings is 1. The van der Waals surface area contributed by atoms with E-state index in [1.807, 2.05) is 72.3 Å². The maximum absolute atomic E-state index is 12.8. The van der Waals surface area contributed by atoms with Gasteiger partial charge in [0.15, 0.2) is 0 Å². The zero-order valence-electron chi connectivity index (χ0n) is 15.4. The molecule has 3 aromatic heterocycles. The first kappa shape index (κ1) is 17.3. The molecule has 9 heteroatoms. The van der Waals surface area contributed by atoms with Crippen molar-refractivity contribution in [1.82, 2.24) is 30.0 Å². The number of nitrogens with zero attached hydrogens (tertiary/aromatic N) is 6. The lowest BCUT2D eigenvalue weighted by Crippen LogP contribution is -2.10. The van der Waals surface area contributed by atoms with Crippen LogP contribution in [0.1, 0.15) is 15.4 Å². The van der Waals surface area contributed by atoms with Gasteiger partial charge in [0.1, 0.15) is 11.2 Å². The Labute approximate surface area is 169 Å². The van der Waals surface area contributed by atoms with Crippen LogP contribution in [0.15, 0.2) is 67.0 Å². The van der Waals surface area contributed by atoms with E-state index in [1.54, 1.807) is 4.68 Å². The van der Waals surface area contributed by atoms with Gasteiger partial charge in [-0.2, -0.15) is 5.10 Å². The largest absolute Gasteiger partial charge is 0.321 e. The molecular weight excluding hydrogens is 386 g/mol. The van der Waals surface area contributed by atoms with Gasteiger partial charge in [0.25, 0.3) is 5.91 Å². The van der Waals surface area contributed by atoms with Crippen LogP contribution in [0.5, 0.6) is 0 Å². The zero-order chi connectivity index (χ0) is 19.8. The van der Waals surface area contributed by atoms with Crippen LogP contribution in [0.3, 0.4) is 0 Å². The lowest BCUT2D eigenvalue weighted by atomic mass is 10.2. The van der Waals surface area contributed by atoms with Crippen molar-refractivity contribution in [3.8, 4) is 11.4 Å². The normalized spacial score (nSPS) is 11.1. The molecule has 1 N–H and O–H groups in total. The van der Waals surface area contributed by atoms with E-state index in [0.717, 1.165) is 27.3 Å². The van der Waals surface area contributed by atoms with Crippen molar-refractivity contribution >= 4 is 33.1 Å². The summed E-state index contributed by atoms with van der Waals surface area (Å²) in [5, 5.41) is 19.6. The van der Waals surface area contributed by atoms with E-state index in [0.29, 0.717) is 10.6 Å². The van der Waals surface area contributed by atoms with E-state index in [2.05, 4.69) is 25.9 Å². The SMILES string of the molecule is Cc1nn(-c2ccccc2)c2sc(C(=O)Nc3ccc(-n4cnnn4)cc3)cc12. The summed E-state index contributed by atoms with van der Waals surface area (Å²) in [7, 11) is 0. The quantitative estimate of drug-likeness (QED) is 0.497. The number of rotatable bonds is 4. The molecular formula is C20H15N7OS. The Kier molecular flexibility index (Phi) is 4.14. The molecule has 0 radical (unpaired) electrons. The van der Waals surface area contributed by atoms with E-state index < -0.39 is 0 Å². The second-order valence-corrected chi connectivity index (χ2v) is 7.45. The minimum atomic E-state index is -0.152. The molecule has 0 aliphatic carbocycles. The fourth-order valence-electron chi connectivity index (χ4n) is 3.07. The molecule has 8 nitrogen and oxygen atoms in total. The number of aromatic nitrogens is 6. The standard InChI is InChI=1S/C20H15N7OS/c1-13-17-11-18(29-20(17)27(23-13)16-5-3-2-4-6-16)19(28)22-14-7-9-15(10-8-14)26-12-21-24-25-26/h2-12H,1H3,(H,22,28). The van der Waals surface area contributed by atoms with Gasteiger partial charge in [-0.05, 0) is 59.8 Å². The molecule has 0 aliphatic rings. The molecule has 3 heterocycles. The Morgan fingerprint density at radius 1 is 1.03 bits per heavy atom. The number of hydrogen-bond acceptors (Lipinski definition) is 6. The molecule has 1 amide bonds. The Hall–Kier alpha value is -3.85. The second kappa shape index (κ2) is 6.95. The predicted molar refractivity (Wildman–Crippen MR) is 111 cm³/mol. The summed E-state index contributed by atoms with van der Waals surface area (Å²) in [6.45, 7) is 1.95. The van der Waals surface area contributed by atoms with Gasteiger partial charge < -0.3 is 5.32 Å². The summed E-state index contributed by atoms with van der Waals surface area (Å²) in [6.07, 6.45) is 1.52. The number of hydrogen-bond donors (Lipinski definition) is 1. The first-order chi connectivity index (χ1) is 14.2. The number of carbonyl (C=O) groups is 1. The predicted octanol–water partition coefficient (Wildman–Crippen LogP) is 3.62.